The zero-order valence-electron chi connectivity index (χ0n) is 15.3. The molecule has 0 saturated carbocycles. The van der Waals surface area contributed by atoms with E-state index in [-0.39, 0.29) is 5.91 Å². The molecule has 1 aliphatic heterocycles. The average Bonchev–Trinajstić information content (AvgIpc) is 2.69. The van der Waals surface area contributed by atoms with E-state index < -0.39 is 0 Å². The normalized spacial score (nSPS) is 15.5. The van der Waals surface area contributed by atoms with Gasteiger partial charge in [-0.05, 0) is 55.6 Å². The molecule has 2 heterocycles. The summed E-state index contributed by atoms with van der Waals surface area (Å²) in [5.74, 6) is 1.78. The van der Waals surface area contributed by atoms with Gasteiger partial charge in [0.05, 0.1) is 26.5 Å². The van der Waals surface area contributed by atoms with Gasteiger partial charge in [-0.2, -0.15) is 0 Å². The fraction of sp³-hybridized carbons (Fsp3) is 0.400. The summed E-state index contributed by atoms with van der Waals surface area (Å²) in [6.07, 6.45) is 5.84. The van der Waals surface area contributed by atoms with Crippen molar-refractivity contribution in [1.82, 2.24) is 9.88 Å². The number of rotatable bonds is 6. The fourth-order valence-electron chi connectivity index (χ4n) is 3.34. The summed E-state index contributed by atoms with van der Waals surface area (Å²) < 4.78 is 10.5. The number of benzene rings is 1. The molecule has 6 heteroatoms. The molecule has 0 aliphatic carbocycles. The van der Waals surface area contributed by atoms with Crippen molar-refractivity contribution in [3.63, 3.8) is 0 Å². The summed E-state index contributed by atoms with van der Waals surface area (Å²) in [7, 11) is 3.18. The van der Waals surface area contributed by atoms with Crippen LogP contribution in [0.3, 0.4) is 0 Å². The molecule has 0 bridgehead atoms. The van der Waals surface area contributed by atoms with Crippen molar-refractivity contribution in [3.05, 3.63) is 48.3 Å². The lowest BCUT2D eigenvalue weighted by Crippen LogP contribution is -2.38. The van der Waals surface area contributed by atoms with Crippen molar-refractivity contribution in [2.75, 3.05) is 39.2 Å². The molecule has 1 amide bonds. The first-order valence-electron chi connectivity index (χ1n) is 8.83. The third kappa shape index (κ3) is 4.52. The largest absolute Gasteiger partial charge is 0.497 e. The maximum absolute atomic E-state index is 12.4. The maximum atomic E-state index is 12.4. The Balaban J connectivity index is 1.52. The topological polar surface area (TPSA) is 63.7 Å². The smallest absolute Gasteiger partial charge is 0.238 e. The van der Waals surface area contributed by atoms with Gasteiger partial charge in [-0.25, -0.2) is 0 Å². The molecule has 1 aromatic carbocycles. The molecule has 3 rings (SSSR count). The summed E-state index contributed by atoms with van der Waals surface area (Å²) in [6.45, 7) is 2.20. The molecule has 1 fully saturated rings. The Hall–Kier alpha value is -2.60. The Morgan fingerprint density at radius 3 is 2.69 bits per heavy atom. The Kier molecular flexibility index (Phi) is 6.07. The lowest BCUT2D eigenvalue weighted by molar-refractivity contribution is -0.117. The van der Waals surface area contributed by atoms with Crippen molar-refractivity contribution in [2.24, 2.45) is 0 Å². The number of anilines is 1. The minimum absolute atomic E-state index is 0.0340. The van der Waals surface area contributed by atoms with Crippen LogP contribution in [-0.2, 0) is 4.79 Å². The summed E-state index contributed by atoms with van der Waals surface area (Å²) in [5, 5.41) is 2.93. The third-order valence-electron chi connectivity index (χ3n) is 4.79. The number of methoxy groups -OCH3 is 2. The van der Waals surface area contributed by atoms with E-state index in [0.29, 0.717) is 29.6 Å². The molecule has 1 N–H and O–H groups in total. The number of ether oxygens (including phenoxy) is 2. The zero-order chi connectivity index (χ0) is 18.4. The van der Waals surface area contributed by atoms with Gasteiger partial charge in [0.25, 0.3) is 0 Å². The molecule has 6 nitrogen and oxygen atoms in total. The van der Waals surface area contributed by atoms with Crippen LogP contribution >= 0.6 is 0 Å². The second-order valence-corrected chi connectivity index (χ2v) is 6.45. The number of aromatic nitrogens is 1. The van der Waals surface area contributed by atoms with Gasteiger partial charge < -0.3 is 14.8 Å². The highest BCUT2D eigenvalue weighted by molar-refractivity contribution is 5.93. The molecule has 1 saturated heterocycles. The van der Waals surface area contributed by atoms with Crippen LogP contribution in [0.2, 0.25) is 0 Å². The van der Waals surface area contributed by atoms with Gasteiger partial charge in [-0.3, -0.25) is 14.7 Å². The zero-order valence-corrected chi connectivity index (χ0v) is 15.3. The second kappa shape index (κ2) is 8.67. The van der Waals surface area contributed by atoms with Crippen LogP contribution in [-0.4, -0.2) is 49.6 Å². The van der Waals surface area contributed by atoms with E-state index in [0.717, 1.165) is 25.9 Å². The van der Waals surface area contributed by atoms with Crippen LogP contribution in [0.25, 0.3) is 0 Å². The van der Waals surface area contributed by atoms with Crippen LogP contribution in [0.1, 0.15) is 24.3 Å². The molecule has 26 heavy (non-hydrogen) atoms. The first-order chi connectivity index (χ1) is 12.7. The number of hydrogen-bond donors (Lipinski definition) is 1. The van der Waals surface area contributed by atoms with Crippen LogP contribution in [0, 0.1) is 0 Å². The molecule has 0 unspecified atom stereocenters. The highest BCUT2D eigenvalue weighted by Crippen LogP contribution is 2.30. The molecule has 0 atom stereocenters. The van der Waals surface area contributed by atoms with Gasteiger partial charge in [-0.1, -0.05) is 6.07 Å². The summed E-state index contributed by atoms with van der Waals surface area (Å²) in [5.41, 5.74) is 1.95. The van der Waals surface area contributed by atoms with Gasteiger partial charge in [0.2, 0.25) is 5.91 Å². The molecule has 138 valence electrons. The van der Waals surface area contributed by atoms with Crippen LogP contribution in [0.15, 0.2) is 42.7 Å². The van der Waals surface area contributed by atoms with Gasteiger partial charge in [-0.15, -0.1) is 0 Å². The number of nitrogens with one attached hydrogen (secondary N) is 1. The minimum atomic E-state index is -0.0340. The minimum Gasteiger partial charge on any atom is -0.497 e. The summed E-state index contributed by atoms with van der Waals surface area (Å²) in [4.78, 5) is 18.8. The number of hydrogen-bond acceptors (Lipinski definition) is 5. The Morgan fingerprint density at radius 1 is 1.23 bits per heavy atom. The average molecular weight is 355 g/mol. The van der Waals surface area contributed by atoms with Crippen LogP contribution in [0.5, 0.6) is 11.5 Å². The molecule has 0 radical (unpaired) electrons. The number of carbonyl (C=O) groups is 1. The van der Waals surface area contributed by atoms with Gasteiger partial charge in [0.1, 0.15) is 11.5 Å². The quantitative estimate of drug-likeness (QED) is 0.863. The van der Waals surface area contributed by atoms with Gasteiger partial charge in [0.15, 0.2) is 0 Å². The Bertz CT molecular complexity index is 728. The maximum Gasteiger partial charge on any atom is 0.238 e. The molecular formula is C20H25N3O3. The summed E-state index contributed by atoms with van der Waals surface area (Å²) >= 11 is 0. The summed E-state index contributed by atoms with van der Waals surface area (Å²) in [6, 6.07) is 9.48. The van der Waals surface area contributed by atoms with Crippen molar-refractivity contribution in [2.45, 2.75) is 18.8 Å². The van der Waals surface area contributed by atoms with E-state index in [9.17, 15) is 4.79 Å². The number of carbonyl (C=O) groups excluding carboxylic acids is 1. The standard InChI is InChI=1S/C20H25N3O3/c1-25-17-5-6-18(19(12-17)26-2)22-20(24)14-23-10-7-15(8-11-23)16-4-3-9-21-13-16/h3-6,9,12-13,15H,7-8,10-11,14H2,1-2H3,(H,22,24). The van der Waals surface area contributed by atoms with Gasteiger partial charge in [0, 0.05) is 18.5 Å². The van der Waals surface area contributed by atoms with Crippen LogP contribution < -0.4 is 14.8 Å². The van der Waals surface area contributed by atoms with E-state index in [1.54, 1.807) is 38.6 Å². The second-order valence-electron chi connectivity index (χ2n) is 6.45. The number of nitrogens with zero attached hydrogens (tertiary/aromatic N) is 2. The number of likely N-dealkylation sites (tertiary alicyclic amines) is 1. The molecule has 1 aromatic heterocycles. The van der Waals surface area contributed by atoms with Gasteiger partial charge >= 0.3 is 0 Å². The van der Waals surface area contributed by atoms with Crippen molar-refractivity contribution in [3.8, 4) is 11.5 Å². The van der Waals surface area contributed by atoms with Crippen LogP contribution in [0.4, 0.5) is 5.69 Å². The lowest BCUT2D eigenvalue weighted by Gasteiger charge is -2.31. The number of pyridine rings is 1. The SMILES string of the molecule is COc1ccc(NC(=O)CN2CCC(c3cccnc3)CC2)c(OC)c1. The van der Waals surface area contributed by atoms with Crippen molar-refractivity contribution >= 4 is 11.6 Å². The first-order valence-corrected chi connectivity index (χ1v) is 8.83. The Labute approximate surface area is 154 Å². The third-order valence-corrected chi connectivity index (χ3v) is 4.79. The molecular weight excluding hydrogens is 330 g/mol. The highest BCUT2D eigenvalue weighted by Gasteiger charge is 2.22. The van der Waals surface area contributed by atoms with Crippen molar-refractivity contribution < 1.29 is 14.3 Å². The number of piperidine rings is 1. The van der Waals surface area contributed by atoms with E-state index in [1.165, 1.54) is 5.56 Å². The first kappa shape index (κ1) is 18.2. The molecule has 2 aromatic rings. The fourth-order valence-corrected chi connectivity index (χ4v) is 3.34. The van der Waals surface area contributed by atoms with E-state index >= 15 is 0 Å². The molecule has 1 aliphatic rings. The predicted octanol–water partition coefficient (Wildman–Crippen LogP) is 2.92. The lowest BCUT2D eigenvalue weighted by atomic mass is 9.90. The Morgan fingerprint density at radius 2 is 2.04 bits per heavy atom. The van der Waals surface area contributed by atoms with E-state index in [4.69, 9.17) is 9.47 Å². The molecule has 0 spiro atoms. The van der Waals surface area contributed by atoms with E-state index in [2.05, 4.69) is 21.3 Å². The highest BCUT2D eigenvalue weighted by atomic mass is 16.5. The number of amides is 1. The predicted molar refractivity (Wildman–Crippen MR) is 101 cm³/mol. The van der Waals surface area contributed by atoms with E-state index in [1.807, 2.05) is 12.3 Å². The monoisotopic (exact) mass is 355 g/mol. The van der Waals surface area contributed by atoms with Crippen molar-refractivity contribution in [1.29, 1.82) is 0 Å².